The van der Waals surface area contributed by atoms with Gasteiger partial charge in [0.2, 0.25) is 0 Å². The highest BCUT2D eigenvalue weighted by Gasteiger charge is 2.20. The van der Waals surface area contributed by atoms with Crippen molar-refractivity contribution in [3.63, 3.8) is 0 Å². The smallest absolute Gasteiger partial charge is 0.140 e. The molecule has 0 amide bonds. The molecule has 1 atom stereocenters. The maximum atomic E-state index is 11.7. The lowest BCUT2D eigenvalue weighted by Crippen LogP contribution is -1.91. The highest BCUT2D eigenvalue weighted by atomic mass is 79.9. The van der Waals surface area contributed by atoms with Crippen LogP contribution in [-0.4, -0.2) is 9.19 Å². The van der Waals surface area contributed by atoms with Crippen LogP contribution in [0, 0.1) is 0 Å². The zero-order valence-corrected chi connectivity index (χ0v) is 10.0. The first-order chi connectivity index (χ1) is 7.25. The van der Waals surface area contributed by atoms with E-state index in [0.29, 0.717) is 5.03 Å². The van der Waals surface area contributed by atoms with E-state index in [1.54, 1.807) is 5.41 Å². The molecule has 0 N–H and O–H groups in total. The summed E-state index contributed by atoms with van der Waals surface area (Å²) in [6.45, 7) is 0. The minimum atomic E-state index is -1.10. The fourth-order valence-corrected chi connectivity index (χ4v) is 3.58. The van der Waals surface area contributed by atoms with Gasteiger partial charge >= 0.3 is 0 Å². The minimum Gasteiger partial charge on any atom is -0.248 e. The molecule has 1 aliphatic rings. The summed E-state index contributed by atoms with van der Waals surface area (Å²) >= 11 is 3.39. The lowest BCUT2D eigenvalue weighted by molar-refractivity contribution is 0.687. The molecule has 2 aromatic rings. The molecule has 0 fully saturated rings. The van der Waals surface area contributed by atoms with Crippen molar-refractivity contribution in [2.45, 2.75) is 5.03 Å². The van der Waals surface area contributed by atoms with Crippen molar-refractivity contribution in [1.82, 2.24) is 4.98 Å². The van der Waals surface area contributed by atoms with Crippen molar-refractivity contribution in [2.24, 2.45) is 0 Å². The molecule has 4 heteroatoms. The highest BCUT2D eigenvalue weighted by Crippen LogP contribution is 2.35. The van der Waals surface area contributed by atoms with E-state index in [2.05, 4.69) is 20.9 Å². The average Bonchev–Trinajstić information content (AvgIpc) is 2.52. The highest BCUT2D eigenvalue weighted by molar-refractivity contribution is 9.15. The van der Waals surface area contributed by atoms with Crippen LogP contribution in [-0.2, 0) is 10.8 Å². The van der Waals surface area contributed by atoms with Gasteiger partial charge in [-0.15, -0.1) is 0 Å². The van der Waals surface area contributed by atoms with Gasteiger partial charge < -0.3 is 0 Å². The molecule has 1 unspecified atom stereocenters. The number of benzene rings is 1. The summed E-state index contributed by atoms with van der Waals surface area (Å²) in [5.74, 6) is 0. The maximum Gasteiger partial charge on any atom is 0.140 e. The first kappa shape index (κ1) is 9.24. The molecular weight excluding hydrogens is 274 g/mol. The Labute approximate surface area is 97.6 Å². The second kappa shape index (κ2) is 3.25. The number of halogens is 1. The zero-order chi connectivity index (χ0) is 10.4. The Bertz CT molecular complexity index is 621. The third-order valence-electron chi connectivity index (χ3n) is 2.35. The largest absolute Gasteiger partial charge is 0.248 e. The maximum absolute atomic E-state index is 11.7. The van der Waals surface area contributed by atoms with Crippen LogP contribution in [0.1, 0.15) is 5.56 Å². The Morgan fingerprint density at radius 1 is 1.27 bits per heavy atom. The summed E-state index contributed by atoms with van der Waals surface area (Å²) in [5.41, 5.74) is 1.83. The molecule has 2 nitrogen and oxygen atoms in total. The Morgan fingerprint density at radius 2 is 2.07 bits per heavy atom. The van der Waals surface area contributed by atoms with Crippen molar-refractivity contribution in [3.05, 3.63) is 41.3 Å². The molecular formula is C11H6BrNOS. The number of hydrogen-bond acceptors (Lipinski definition) is 2. The average molecular weight is 280 g/mol. The van der Waals surface area contributed by atoms with Gasteiger partial charge in [0, 0.05) is 20.8 Å². The molecule has 1 aromatic heterocycles. The van der Waals surface area contributed by atoms with E-state index in [9.17, 15) is 4.21 Å². The molecule has 0 spiro atoms. The number of rotatable bonds is 0. The Kier molecular flexibility index (Phi) is 2.00. The lowest BCUT2D eigenvalue weighted by atomic mass is 10.1. The van der Waals surface area contributed by atoms with Gasteiger partial charge in [-0.3, -0.25) is 0 Å². The van der Waals surface area contributed by atoms with Crippen LogP contribution in [0.2, 0.25) is 0 Å². The van der Waals surface area contributed by atoms with Crippen LogP contribution in [0.5, 0.6) is 0 Å². The van der Waals surface area contributed by atoms with Gasteiger partial charge in [-0.1, -0.05) is 18.2 Å². The van der Waals surface area contributed by atoms with Crippen molar-refractivity contribution in [3.8, 4) is 0 Å². The molecule has 1 aromatic carbocycles. The normalized spacial score (nSPS) is 19.0. The second-order valence-corrected chi connectivity index (χ2v) is 5.37. The van der Waals surface area contributed by atoms with Crippen LogP contribution >= 0.6 is 15.9 Å². The fourth-order valence-electron chi connectivity index (χ4n) is 1.64. The SMILES string of the molecule is O=S1C=C(Br)c2cc3ccccc3nc21. The number of fused-ring (bicyclic) bond motifs is 2. The van der Waals surface area contributed by atoms with Gasteiger partial charge in [0.15, 0.2) is 0 Å². The topological polar surface area (TPSA) is 30.0 Å². The zero-order valence-electron chi connectivity index (χ0n) is 7.61. The molecule has 1 aliphatic heterocycles. The van der Waals surface area contributed by atoms with Crippen molar-refractivity contribution < 1.29 is 4.21 Å². The van der Waals surface area contributed by atoms with Crippen molar-refractivity contribution in [2.75, 3.05) is 0 Å². The summed E-state index contributed by atoms with van der Waals surface area (Å²) in [6.07, 6.45) is 0. The number of nitrogens with zero attached hydrogens (tertiary/aromatic N) is 1. The van der Waals surface area contributed by atoms with E-state index >= 15 is 0 Å². The molecule has 74 valence electrons. The molecule has 3 rings (SSSR count). The monoisotopic (exact) mass is 279 g/mol. The molecule has 15 heavy (non-hydrogen) atoms. The molecule has 0 bridgehead atoms. The van der Waals surface area contributed by atoms with Gasteiger partial charge in [0.25, 0.3) is 0 Å². The van der Waals surface area contributed by atoms with Gasteiger partial charge in [-0.25, -0.2) is 9.19 Å². The van der Waals surface area contributed by atoms with Crippen LogP contribution in [0.3, 0.4) is 0 Å². The Balaban J connectivity index is 2.41. The number of hydrogen-bond donors (Lipinski definition) is 0. The molecule has 2 heterocycles. The third kappa shape index (κ3) is 1.36. The molecule has 0 saturated carbocycles. The van der Waals surface area contributed by atoms with E-state index in [1.165, 1.54) is 0 Å². The lowest BCUT2D eigenvalue weighted by Gasteiger charge is -2.01. The molecule has 0 radical (unpaired) electrons. The first-order valence-electron chi connectivity index (χ1n) is 4.44. The summed E-state index contributed by atoms with van der Waals surface area (Å²) in [7, 11) is -1.10. The van der Waals surface area contributed by atoms with Crippen molar-refractivity contribution >= 4 is 42.1 Å². The Morgan fingerprint density at radius 3 is 2.93 bits per heavy atom. The van der Waals surface area contributed by atoms with Crippen LogP contribution in [0.25, 0.3) is 15.4 Å². The second-order valence-electron chi connectivity index (χ2n) is 3.30. The number of pyridine rings is 1. The number of para-hydroxylation sites is 1. The van der Waals surface area contributed by atoms with Gasteiger partial charge in [0.05, 0.1) is 16.3 Å². The minimum absolute atomic E-state index is 0.653. The quantitative estimate of drug-likeness (QED) is 0.742. The van der Waals surface area contributed by atoms with Gasteiger partial charge in [-0.2, -0.15) is 0 Å². The first-order valence-corrected chi connectivity index (χ1v) is 6.44. The van der Waals surface area contributed by atoms with Crippen molar-refractivity contribution in [1.29, 1.82) is 0 Å². The van der Waals surface area contributed by atoms with E-state index in [0.717, 1.165) is 20.9 Å². The fraction of sp³-hybridized carbons (Fsp3) is 0. The number of aromatic nitrogens is 1. The van der Waals surface area contributed by atoms with Gasteiger partial charge in [0.1, 0.15) is 5.03 Å². The summed E-state index contributed by atoms with van der Waals surface area (Å²) in [4.78, 5) is 4.40. The summed E-state index contributed by atoms with van der Waals surface area (Å²) in [6, 6.07) is 9.86. The Hall–Kier alpha value is -1.00. The van der Waals surface area contributed by atoms with E-state index < -0.39 is 10.8 Å². The molecule has 0 saturated heterocycles. The summed E-state index contributed by atoms with van der Waals surface area (Å²) in [5, 5.41) is 3.40. The third-order valence-corrected chi connectivity index (χ3v) is 4.45. The molecule has 0 aliphatic carbocycles. The van der Waals surface area contributed by atoms with Crippen LogP contribution in [0.4, 0.5) is 0 Å². The standard InChI is InChI=1S/C11H6BrNOS/c12-9-6-15(14)11-8(9)5-7-3-1-2-4-10(7)13-11/h1-6H. The van der Waals surface area contributed by atoms with E-state index in [1.807, 2.05) is 30.3 Å². The van der Waals surface area contributed by atoms with Crippen LogP contribution in [0.15, 0.2) is 40.8 Å². The predicted molar refractivity (Wildman–Crippen MR) is 65.1 cm³/mol. The van der Waals surface area contributed by atoms with Crippen LogP contribution < -0.4 is 0 Å². The van der Waals surface area contributed by atoms with E-state index in [-0.39, 0.29) is 0 Å². The predicted octanol–water partition coefficient (Wildman–Crippen LogP) is 3.05. The van der Waals surface area contributed by atoms with E-state index in [4.69, 9.17) is 0 Å². The van der Waals surface area contributed by atoms with Gasteiger partial charge in [-0.05, 0) is 28.1 Å². The summed E-state index contributed by atoms with van der Waals surface area (Å²) < 4.78 is 12.5.